The Balaban J connectivity index is 0.613. The number of carbonyl (C=O) groups is 2. The lowest BCUT2D eigenvalue weighted by Gasteiger charge is -2.31. The Morgan fingerprint density at radius 1 is 0.492 bits per heavy atom. The third-order valence-electron chi connectivity index (χ3n) is 15.8. The summed E-state index contributed by atoms with van der Waals surface area (Å²) < 4.78 is 0. The molecule has 4 heterocycles. The van der Waals surface area contributed by atoms with E-state index in [1.807, 2.05) is 0 Å². The van der Waals surface area contributed by atoms with Gasteiger partial charge in [-0.3, -0.25) is 14.7 Å². The molecule has 4 bridgehead atoms. The second-order valence-electron chi connectivity index (χ2n) is 19.6. The molecule has 2 saturated heterocycles. The van der Waals surface area contributed by atoms with E-state index in [4.69, 9.17) is 0 Å². The van der Waals surface area contributed by atoms with Crippen LogP contribution in [0.3, 0.4) is 0 Å². The normalized spacial score (nSPS) is 27.8. The predicted molar refractivity (Wildman–Crippen MR) is 245 cm³/mol. The first-order valence-electron chi connectivity index (χ1n) is 24.6. The zero-order valence-corrected chi connectivity index (χ0v) is 36.8. The number of fused-ring (bicyclic) bond motifs is 10. The van der Waals surface area contributed by atoms with Gasteiger partial charge in [-0.25, -0.2) is 9.59 Å². The monoisotopic (exact) mass is 828 g/mol. The molecule has 3 aromatic rings. The van der Waals surface area contributed by atoms with Gasteiger partial charge in [-0.05, 0) is 168 Å². The van der Waals surface area contributed by atoms with Crippen LogP contribution in [0.2, 0.25) is 0 Å². The van der Waals surface area contributed by atoms with E-state index in [0.29, 0.717) is 43.3 Å². The van der Waals surface area contributed by atoms with Crippen molar-refractivity contribution in [2.45, 2.75) is 152 Å². The van der Waals surface area contributed by atoms with Crippen LogP contribution in [0.15, 0.2) is 78.9 Å². The maximum absolute atomic E-state index is 12.9. The molecule has 2 aliphatic carbocycles. The minimum atomic E-state index is -0.0161. The van der Waals surface area contributed by atoms with E-state index in [2.05, 4.69) is 115 Å². The van der Waals surface area contributed by atoms with Gasteiger partial charge in [0, 0.05) is 62.4 Å². The largest absolute Gasteiger partial charge is 0.338 e. The SMILES string of the molecule is O=C(NCCCCN(CCCNC(=O)NC1CCC(CCN2[C@@H]3CC[C@H]2c2ccccc23)CC1)Cc1ccccc1)NC1CCC(CCN2[C@@H]3CC[C@H]2c2ccccc23)CC1. The molecule has 6 aliphatic rings. The summed E-state index contributed by atoms with van der Waals surface area (Å²) >= 11 is 0. The highest BCUT2D eigenvalue weighted by Crippen LogP contribution is 2.54. The zero-order chi connectivity index (χ0) is 41.4. The molecular formula is C52H73N7O2. The van der Waals surface area contributed by atoms with E-state index in [9.17, 15) is 9.59 Å². The Labute approximate surface area is 366 Å². The highest BCUT2D eigenvalue weighted by atomic mass is 16.2. The Hall–Kier alpha value is -3.92. The van der Waals surface area contributed by atoms with Gasteiger partial charge in [-0.15, -0.1) is 0 Å². The van der Waals surface area contributed by atoms with Crippen molar-refractivity contribution in [2.75, 3.05) is 39.3 Å². The molecule has 0 unspecified atom stereocenters. The molecular weight excluding hydrogens is 755 g/mol. The van der Waals surface area contributed by atoms with Crippen molar-refractivity contribution in [2.24, 2.45) is 11.8 Å². The lowest BCUT2D eigenvalue weighted by Crippen LogP contribution is -2.44. The maximum Gasteiger partial charge on any atom is 0.315 e. The fourth-order valence-corrected chi connectivity index (χ4v) is 12.5. The van der Waals surface area contributed by atoms with Gasteiger partial charge in [-0.1, -0.05) is 78.9 Å². The third kappa shape index (κ3) is 10.5. The van der Waals surface area contributed by atoms with Gasteiger partial charge in [0.05, 0.1) is 0 Å². The minimum Gasteiger partial charge on any atom is -0.338 e. The van der Waals surface area contributed by atoms with E-state index < -0.39 is 0 Å². The molecule has 4 fully saturated rings. The number of hydrogen-bond donors (Lipinski definition) is 4. The number of hydrogen-bond acceptors (Lipinski definition) is 5. The molecule has 0 spiro atoms. The van der Waals surface area contributed by atoms with Crippen LogP contribution in [-0.4, -0.2) is 78.1 Å². The number of nitrogens with zero attached hydrogens (tertiary/aromatic N) is 3. The summed E-state index contributed by atoms with van der Waals surface area (Å²) in [6.45, 7) is 6.57. The fraction of sp³-hybridized carbons (Fsp3) is 0.615. The summed E-state index contributed by atoms with van der Waals surface area (Å²) in [4.78, 5) is 33.8. The van der Waals surface area contributed by atoms with Crippen LogP contribution in [0.4, 0.5) is 9.59 Å². The third-order valence-corrected chi connectivity index (χ3v) is 15.8. The number of carbonyl (C=O) groups excluding carboxylic acids is 2. The van der Waals surface area contributed by atoms with Crippen LogP contribution in [0.5, 0.6) is 0 Å². The molecule has 0 radical (unpaired) electrons. The van der Waals surface area contributed by atoms with Crippen LogP contribution < -0.4 is 21.3 Å². The first-order valence-corrected chi connectivity index (χ1v) is 24.6. The molecule has 3 aromatic carbocycles. The molecule has 9 heteroatoms. The Morgan fingerprint density at radius 2 is 0.902 bits per heavy atom. The summed E-state index contributed by atoms with van der Waals surface area (Å²) in [7, 11) is 0. The van der Waals surface area contributed by atoms with Crippen LogP contribution in [0.1, 0.15) is 161 Å². The summed E-state index contributed by atoms with van der Waals surface area (Å²) in [5.74, 6) is 1.55. The van der Waals surface area contributed by atoms with E-state index in [-0.39, 0.29) is 18.1 Å². The number of urea groups is 2. The number of amides is 4. The van der Waals surface area contributed by atoms with Gasteiger partial charge in [0.15, 0.2) is 0 Å². The van der Waals surface area contributed by atoms with Crippen LogP contribution >= 0.6 is 0 Å². The van der Waals surface area contributed by atoms with E-state index >= 15 is 0 Å². The van der Waals surface area contributed by atoms with Crippen molar-refractivity contribution in [3.63, 3.8) is 0 Å². The molecule has 4 atom stereocenters. The lowest BCUT2D eigenvalue weighted by atomic mass is 9.84. The average molecular weight is 828 g/mol. The van der Waals surface area contributed by atoms with Gasteiger partial charge in [0.1, 0.15) is 0 Å². The molecule has 4 aliphatic heterocycles. The van der Waals surface area contributed by atoms with E-state index in [1.165, 1.54) is 82.9 Å². The van der Waals surface area contributed by atoms with Gasteiger partial charge >= 0.3 is 12.1 Å². The predicted octanol–water partition coefficient (Wildman–Crippen LogP) is 9.94. The molecule has 2 saturated carbocycles. The fourth-order valence-electron chi connectivity index (χ4n) is 12.5. The summed E-state index contributed by atoms with van der Waals surface area (Å²) in [6.07, 6.45) is 19.9. The van der Waals surface area contributed by atoms with Crippen molar-refractivity contribution >= 4 is 12.1 Å². The second-order valence-corrected chi connectivity index (χ2v) is 19.6. The Kier molecular flexibility index (Phi) is 14.3. The van der Waals surface area contributed by atoms with Gasteiger partial charge in [-0.2, -0.15) is 0 Å². The standard InChI is InChI=1S/C52H73N7O2/c60-51(55-41-21-17-38(18-22-41)29-35-58-47-25-26-48(58)44-14-5-4-13-43(44)47)53-31-8-9-33-57(37-40-11-2-1-3-12-40)34-10-32-54-52(61)56-42-23-19-39(20-24-42)30-36-59-49-27-28-50(59)46-16-7-6-15-45(46)49/h1-7,11-16,38-39,41-42,47-50H,8-10,17-37H2,(H2,53,55,60)(H2,54,56,61)/t38?,39?,41?,42?,47-,48+,49-,50+. The summed E-state index contributed by atoms with van der Waals surface area (Å²) in [5, 5.41) is 12.9. The molecule has 9 rings (SSSR count). The summed E-state index contributed by atoms with van der Waals surface area (Å²) in [6, 6.07) is 32.0. The van der Waals surface area contributed by atoms with Gasteiger partial charge in [0.2, 0.25) is 0 Å². The molecule has 4 N–H and O–H groups in total. The molecule has 61 heavy (non-hydrogen) atoms. The highest BCUT2D eigenvalue weighted by Gasteiger charge is 2.44. The van der Waals surface area contributed by atoms with Gasteiger partial charge < -0.3 is 21.3 Å². The van der Waals surface area contributed by atoms with Crippen molar-refractivity contribution in [1.29, 1.82) is 0 Å². The van der Waals surface area contributed by atoms with E-state index in [1.54, 1.807) is 22.3 Å². The van der Waals surface area contributed by atoms with Crippen molar-refractivity contribution in [3.05, 3.63) is 107 Å². The first-order chi connectivity index (χ1) is 30.1. The Morgan fingerprint density at radius 3 is 1.36 bits per heavy atom. The first kappa shape index (κ1) is 42.4. The number of nitrogens with one attached hydrogen (secondary N) is 4. The highest BCUT2D eigenvalue weighted by molar-refractivity contribution is 5.74. The number of benzene rings is 3. The lowest BCUT2D eigenvalue weighted by molar-refractivity contribution is 0.185. The molecule has 328 valence electrons. The molecule has 9 nitrogen and oxygen atoms in total. The second kappa shape index (κ2) is 20.5. The van der Waals surface area contributed by atoms with Crippen molar-refractivity contribution < 1.29 is 9.59 Å². The Bertz CT molecular complexity index is 1810. The number of unbranched alkanes of at least 4 members (excludes halogenated alkanes) is 1. The van der Waals surface area contributed by atoms with E-state index in [0.717, 1.165) is 76.4 Å². The smallest absolute Gasteiger partial charge is 0.315 e. The molecule has 4 amide bonds. The average Bonchev–Trinajstić information content (AvgIpc) is 4.06. The maximum atomic E-state index is 12.9. The zero-order valence-electron chi connectivity index (χ0n) is 36.8. The topological polar surface area (TPSA) is 92.0 Å². The van der Waals surface area contributed by atoms with Crippen LogP contribution in [-0.2, 0) is 6.54 Å². The van der Waals surface area contributed by atoms with Crippen molar-refractivity contribution in [3.8, 4) is 0 Å². The number of rotatable bonds is 19. The quantitative estimate of drug-likeness (QED) is 0.0904. The minimum absolute atomic E-state index is 0.0101. The van der Waals surface area contributed by atoms with Crippen molar-refractivity contribution in [1.82, 2.24) is 36.0 Å². The molecule has 0 aromatic heterocycles. The van der Waals surface area contributed by atoms with Crippen LogP contribution in [0.25, 0.3) is 0 Å². The van der Waals surface area contributed by atoms with Crippen LogP contribution in [0, 0.1) is 11.8 Å². The van der Waals surface area contributed by atoms with Gasteiger partial charge in [0.25, 0.3) is 0 Å². The summed E-state index contributed by atoms with van der Waals surface area (Å²) in [5.41, 5.74) is 7.63.